The number of nitrogens with zero attached hydrogens (tertiary/aromatic N) is 2. The molecule has 80 valence electrons. The van der Waals surface area contributed by atoms with Gasteiger partial charge in [0.15, 0.2) is 0 Å². The van der Waals surface area contributed by atoms with E-state index in [2.05, 4.69) is 41.3 Å². The van der Waals surface area contributed by atoms with Gasteiger partial charge in [-0.25, -0.2) is 4.98 Å². The summed E-state index contributed by atoms with van der Waals surface area (Å²) in [6.07, 6.45) is 3.65. The van der Waals surface area contributed by atoms with Gasteiger partial charge in [-0.1, -0.05) is 20.8 Å². The summed E-state index contributed by atoms with van der Waals surface area (Å²) in [5.41, 5.74) is 0. The van der Waals surface area contributed by atoms with E-state index >= 15 is 0 Å². The number of H-pyrrole nitrogens is 1. The number of hydrogen-bond donors (Lipinski definition) is 2. The molecule has 1 heterocycles. The summed E-state index contributed by atoms with van der Waals surface area (Å²) in [5.74, 6) is 1.64. The monoisotopic (exact) mass is 196 g/mol. The van der Waals surface area contributed by atoms with Gasteiger partial charge in [0.05, 0.1) is 0 Å². The van der Waals surface area contributed by atoms with E-state index in [0.29, 0.717) is 12.0 Å². The van der Waals surface area contributed by atoms with Crippen molar-refractivity contribution >= 4 is 0 Å². The fraction of sp³-hybridized carbons (Fsp3) is 0.800. The maximum atomic E-state index is 4.08. The van der Waals surface area contributed by atoms with Gasteiger partial charge in [-0.2, -0.15) is 5.10 Å². The first kappa shape index (κ1) is 11.2. The van der Waals surface area contributed by atoms with Crippen LogP contribution >= 0.6 is 0 Å². The maximum Gasteiger partial charge on any atom is 0.137 e. The van der Waals surface area contributed by atoms with E-state index < -0.39 is 0 Å². The molecule has 0 amide bonds. The van der Waals surface area contributed by atoms with Gasteiger partial charge < -0.3 is 5.32 Å². The van der Waals surface area contributed by atoms with E-state index in [1.54, 1.807) is 6.33 Å². The summed E-state index contributed by atoms with van der Waals surface area (Å²) in [5, 5.41) is 10.2. The van der Waals surface area contributed by atoms with Crippen LogP contribution in [0.4, 0.5) is 0 Å². The molecule has 0 saturated heterocycles. The minimum absolute atomic E-state index is 0.609. The predicted molar refractivity (Wildman–Crippen MR) is 57.0 cm³/mol. The number of rotatable bonds is 6. The van der Waals surface area contributed by atoms with Gasteiger partial charge >= 0.3 is 0 Å². The Morgan fingerprint density at radius 3 is 2.79 bits per heavy atom. The smallest absolute Gasteiger partial charge is 0.137 e. The van der Waals surface area contributed by atoms with E-state index in [9.17, 15) is 0 Å². The minimum Gasteiger partial charge on any atom is -0.313 e. The van der Waals surface area contributed by atoms with Gasteiger partial charge in [0.25, 0.3) is 0 Å². The van der Waals surface area contributed by atoms with Crippen LogP contribution in [-0.4, -0.2) is 27.8 Å². The van der Waals surface area contributed by atoms with Crippen molar-refractivity contribution in [2.24, 2.45) is 5.92 Å². The molecule has 0 radical (unpaired) electrons. The van der Waals surface area contributed by atoms with E-state index in [0.717, 1.165) is 18.8 Å². The molecule has 0 aliphatic heterocycles. The third-order valence-electron chi connectivity index (χ3n) is 2.48. The number of nitrogens with one attached hydrogen (secondary N) is 2. The number of hydrogen-bond acceptors (Lipinski definition) is 3. The Labute approximate surface area is 85.5 Å². The highest BCUT2D eigenvalue weighted by Gasteiger charge is 2.09. The average Bonchev–Trinajstić information content (AvgIpc) is 2.64. The van der Waals surface area contributed by atoms with E-state index in [-0.39, 0.29) is 0 Å². The number of aromatic nitrogens is 3. The van der Waals surface area contributed by atoms with Crippen LogP contribution in [0.25, 0.3) is 0 Å². The second-order valence-corrected chi connectivity index (χ2v) is 3.90. The van der Waals surface area contributed by atoms with Gasteiger partial charge in [-0.3, -0.25) is 5.10 Å². The molecule has 4 heteroatoms. The Morgan fingerprint density at radius 2 is 2.29 bits per heavy atom. The van der Waals surface area contributed by atoms with Crippen LogP contribution in [0, 0.1) is 5.92 Å². The average molecular weight is 196 g/mol. The van der Waals surface area contributed by atoms with Crippen LogP contribution in [0.3, 0.4) is 0 Å². The fourth-order valence-electron chi connectivity index (χ4n) is 1.58. The summed E-state index contributed by atoms with van der Waals surface area (Å²) in [6, 6.07) is 0.609. The first-order valence-electron chi connectivity index (χ1n) is 5.31. The van der Waals surface area contributed by atoms with Crippen LogP contribution < -0.4 is 5.32 Å². The van der Waals surface area contributed by atoms with Crippen LogP contribution in [0.1, 0.15) is 33.0 Å². The summed E-state index contributed by atoms with van der Waals surface area (Å²) >= 11 is 0. The molecule has 4 nitrogen and oxygen atoms in total. The summed E-state index contributed by atoms with van der Waals surface area (Å²) < 4.78 is 0. The van der Waals surface area contributed by atoms with Gasteiger partial charge in [0.2, 0.25) is 0 Å². The van der Waals surface area contributed by atoms with Crippen molar-refractivity contribution in [1.82, 2.24) is 20.5 Å². The lowest BCUT2D eigenvalue weighted by atomic mass is 10.0. The first-order chi connectivity index (χ1) is 6.74. The van der Waals surface area contributed by atoms with Crippen molar-refractivity contribution in [2.45, 2.75) is 39.7 Å². The molecular weight excluding hydrogens is 176 g/mol. The van der Waals surface area contributed by atoms with Crippen molar-refractivity contribution in [1.29, 1.82) is 0 Å². The van der Waals surface area contributed by atoms with Crippen LogP contribution in [-0.2, 0) is 6.42 Å². The Hall–Kier alpha value is -0.900. The van der Waals surface area contributed by atoms with Crippen LogP contribution in [0.5, 0.6) is 0 Å². The Balaban J connectivity index is 2.20. The predicted octanol–water partition coefficient (Wildman–Crippen LogP) is 1.37. The van der Waals surface area contributed by atoms with Crippen LogP contribution in [0.2, 0.25) is 0 Å². The largest absolute Gasteiger partial charge is 0.313 e. The molecule has 2 N–H and O–H groups in total. The van der Waals surface area contributed by atoms with Crippen molar-refractivity contribution in [3.63, 3.8) is 0 Å². The Morgan fingerprint density at radius 1 is 1.50 bits per heavy atom. The van der Waals surface area contributed by atoms with Crippen molar-refractivity contribution < 1.29 is 0 Å². The topological polar surface area (TPSA) is 53.6 Å². The van der Waals surface area contributed by atoms with Gasteiger partial charge in [0.1, 0.15) is 12.2 Å². The van der Waals surface area contributed by atoms with Gasteiger partial charge in [0, 0.05) is 19.0 Å². The van der Waals surface area contributed by atoms with E-state index in [1.807, 2.05) is 0 Å². The molecule has 1 atom stereocenters. The Bertz CT molecular complexity index is 230. The molecule has 1 aromatic heterocycles. The zero-order chi connectivity index (χ0) is 10.4. The second kappa shape index (κ2) is 5.75. The lowest BCUT2D eigenvalue weighted by Gasteiger charge is -2.20. The minimum atomic E-state index is 0.609. The van der Waals surface area contributed by atoms with Gasteiger partial charge in [-0.15, -0.1) is 0 Å². The molecule has 0 saturated carbocycles. The first-order valence-corrected chi connectivity index (χ1v) is 5.31. The zero-order valence-corrected chi connectivity index (χ0v) is 9.25. The molecule has 0 aliphatic rings. The summed E-state index contributed by atoms with van der Waals surface area (Å²) in [6.45, 7) is 7.67. The molecule has 14 heavy (non-hydrogen) atoms. The molecule has 1 aromatic rings. The normalized spacial score (nSPS) is 13.4. The molecule has 0 aromatic carbocycles. The highest BCUT2D eigenvalue weighted by atomic mass is 15.2. The van der Waals surface area contributed by atoms with Crippen molar-refractivity contribution in [3.05, 3.63) is 12.2 Å². The highest BCUT2D eigenvalue weighted by molar-refractivity contribution is 4.81. The van der Waals surface area contributed by atoms with E-state index in [4.69, 9.17) is 0 Å². The number of aromatic amines is 1. The standard InChI is InChI=1S/C10H20N4/c1-4-9(8(2)3)11-6-5-10-12-7-13-14-10/h7-9,11H,4-6H2,1-3H3,(H,12,13,14). The molecular formula is C10H20N4. The molecule has 0 bridgehead atoms. The fourth-order valence-corrected chi connectivity index (χ4v) is 1.58. The van der Waals surface area contributed by atoms with Crippen molar-refractivity contribution in [2.75, 3.05) is 6.54 Å². The third kappa shape index (κ3) is 3.46. The zero-order valence-electron chi connectivity index (χ0n) is 9.25. The highest BCUT2D eigenvalue weighted by Crippen LogP contribution is 2.04. The van der Waals surface area contributed by atoms with Crippen molar-refractivity contribution in [3.8, 4) is 0 Å². The molecule has 1 unspecified atom stereocenters. The summed E-state index contributed by atoms with van der Waals surface area (Å²) in [7, 11) is 0. The van der Waals surface area contributed by atoms with E-state index in [1.165, 1.54) is 6.42 Å². The molecule has 0 fully saturated rings. The van der Waals surface area contributed by atoms with Crippen LogP contribution in [0.15, 0.2) is 6.33 Å². The molecule has 1 rings (SSSR count). The Kier molecular flexibility index (Phi) is 4.59. The second-order valence-electron chi connectivity index (χ2n) is 3.90. The molecule has 0 spiro atoms. The SMILES string of the molecule is CCC(NCCc1ncn[nH]1)C(C)C. The lowest BCUT2D eigenvalue weighted by Crippen LogP contribution is -2.34. The lowest BCUT2D eigenvalue weighted by molar-refractivity contribution is 0.390. The van der Waals surface area contributed by atoms with Gasteiger partial charge in [-0.05, 0) is 12.3 Å². The molecule has 0 aliphatic carbocycles. The third-order valence-corrected chi connectivity index (χ3v) is 2.48. The summed E-state index contributed by atoms with van der Waals surface area (Å²) in [4.78, 5) is 4.08. The maximum absolute atomic E-state index is 4.08. The quantitative estimate of drug-likeness (QED) is 0.722.